The van der Waals surface area contributed by atoms with Crippen LogP contribution in [0.3, 0.4) is 0 Å². The number of nitrogens with zero attached hydrogens (tertiary/aromatic N) is 1. The van der Waals surface area contributed by atoms with Crippen molar-refractivity contribution in [3.8, 4) is 0 Å². The Morgan fingerprint density at radius 1 is 1.45 bits per heavy atom. The molecule has 0 fully saturated rings. The van der Waals surface area contributed by atoms with Crippen LogP contribution in [-0.4, -0.2) is 24.5 Å². The summed E-state index contributed by atoms with van der Waals surface area (Å²) in [6, 6.07) is 6.49. The number of aromatic nitrogens is 1. The summed E-state index contributed by atoms with van der Waals surface area (Å²) in [4.78, 5) is 17.1. The Bertz CT molecular complexity index is 620. The maximum atomic E-state index is 13.1. The smallest absolute Gasteiger partial charge is 0.230 e. The first-order chi connectivity index (χ1) is 10.1. The van der Waals surface area contributed by atoms with Gasteiger partial charge in [0.15, 0.2) is 5.13 Å². The Morgan fingerprint density at radius 3 is 2.91 bits per heavy atom. The molecule has 7 heteroatoms. The van der Waals surface area contributed by atoms with Crippen molar-refractivity contribution in [2.45, 2.75) is 13.3 Å². The van der Waals surface area contributed by atoms with Crippen molar-refractivity contribution in [1.29, 1.82) is 0 Å². The van der Waals surface area contributed by atoms with Crippen molar-refractivity contribution in [2.24, 2.45) is 5.92 Å². The van der Waals surface area contributed by atoms with E-state index < -0.39 is 0 Å². The molecule has 2 N–H and O–H groups in total. The Hall–Kier alpha value is -1.50. The van der Waals surface area contributed by atoms with E-state index in [1.54, 1.807) is 12.3 Å². The number of rotatable bonds is 6. The molecule has 2 aromatic rings. The van der Waals surface area contributed by atoms with Crippen LogP contribution in [0, 0.1) is 11.7 Å². The molecule has 120 valence electrons. The molecule has 1 heterocycles. The molecular weight excluding hydrogens is 325 g/mol. The van der Waals surface area contributed by atoms with Crippen molar-refractivity contribution in [2.75, 3.05) is 18.9 Å². The Labute approximate surface area is 139 Å². The number of benzene rings is 1. The standard InChI is InChI=1S/C15H18FN3OS.ClH/c1-10(8-17-2)14(20)19-15-18-9-13(21-15)7-11-4-3-5-12(16)6-11;/h3-6,9-10,17H,7-8H2,1-2H3,(H,18,19,20);1H. The highest BCUT2D eigenvalue weighted by Gasteiger charge is 2.13. The Kier molecular flexibility index (Phi) is 7.44. The monoisotopic (exact) mass is 343 g/mol. The molecule has 1 unspecified atom stereocenters. The highest BCUT2D eigenvalue weighted by Crippen LogP contribution is 2.22. The van der Waals surface area contributed by atoms with Gasteiger partial charge in [-0.1, -0.05) is 19.1 Å². The first-order valence-corrected chi connectivity index (χ1v) is 7.54. The van der Waals surface area contributed by atoms with Crippen LogP contribution in [0.5, 0.6) is 0 Å². The fourth-order valence-electron chi connectivity index (χ4n) is 1.92. The van der Waals surface area contributed by atoms with E-state index in [2.05, 4.69) is 15.6 Å². The van der Waals surface area contributed by atoms with Gasteiger partial charge in [-0.05, 0) is 24.7 Å². The summed E-state index contributed by atoms with van der Waals surface area (Å²) in [7, 11) is 1.81. The highest BCUT2D eigenvalue weighted by atomic mass is 35.5. The van der Waals surface area contributed by atoms with Gasteiger partial charge in [0.05, 0.1) is 0 Å². The average Bonchev–Trinajstić information content (AvgIpc) is 2.86. The maximum Gasteiger partial charge on any atom is 0.230 e. The van der Waals surface area contributed by atoms with Crippen LogP contribution in [-0.2, 0) is 11.2 Å². The molecule has 0 bridgehead atoms. The van der Waals surface area contributed by atoms with E-state index in [1.807, 2.05) is 20.0 Å². The number of hydrogen-bond acceptors (Lipinski definition) is 4. The average molecular weight is 344 g/mol. The normalized spacial score (nSPS) is 11.6. The van der Waals surface area contributed by atoms with Crippen molar-refractivity contribution in [1.82, 2.24) is 10.3 Å². The van der Waals surface area contributed by atoms with Gasteiger partial charge in [-0.2, -0.15) is 0 Å². The van der Waals surface area contributed by atoms with Crippen molar-refractivity contribution in [3.63, 3.8) is 0 Å². The molecule has 1 aromatic carbocycles. The largest absolute Gasteiger partial charge is 0.319 e. The fourth-order valence-corrected chi connectivity index (χ4v) is 2.77. The van der Waals surface area contributed by atoms with Gasteiger partial charge >= 0.3 is 0 Å². The molecule has 0 saturated carbocycles. The van der Waals surface area contributed by atoms with E-state index in [9.17, 15) is 9.18 Å². The number of carbonyl (C=O) groups excluding carboxylic acids is 1. The van der Waals surface area contributed by atoms with Gasteiger partial charge in [0.25, 0.3) is 0 Å². The molecule has 2 rings (SSSR count). The van der Waals surface area contributed by atoms with Gasteiger partial charge in [0.1, 0.15) is 5.82 Å². The number of amides is 1. The fraction of sp³-hybridized carbons (Fsp3) is 0.333. The van der Waals surface area contributed by atoms with Crippen LogP contribution in [0.25, 0.3) is 0 Å². The zero-order valence-corrected chi connectivity index (χ0v) is 14.1. The molecule has 1 atom stereocenters. The van der Waals surface area contributed by atoms with Crippen LogP contribution >= 0.6 is 23.7 Å². The maximum absolute atomic E-state index is 13.1. The highest BCUT2D eigenvalue weighted by molar-refractivity contribution is 7.15. The second-order valence-electron chi connectivity index (χ2n) is 4.89. The van der Waals surface area contributed by atoms with Gasteiger partial charge in [0.2, 0.25) is 5.91 Å². The van der Waals surface area contributed by atoms with Crippen LogP contribution in [0.2, 0.25) is 0 Å². The molecule has 1 aromatic heterocycles. The third-order valence-electron chi connectivity index (χ3n) is 3.01. The molecule has 0 aliphatic rings. The minimum Gasteiger partial charge on any atom is -0.319 e. The predicted octanol–water partition coefficient (Wildman–Crippen LogP) is 3.09. The number of thiazole rings is 1. The summed E-state index contributed by atoms with van der Waals surface area (Å²) < 4.78 is 13.1. The minimum absolute atomic E-state index is 0. The van der Waals surface area contributed by atoms with Crippen LogP contribution in [0.15, 0.2) is 30.5 Å². The predicted molar refractivity (Wildman–Crippen MR) is 90.3 cm³/mol. The quantitative estimate of drug-likeness (QED) is 0.847. The molecule has 4 nitrogen and oxygen atoms in total. The van der Waals surface area contributed by atoms with Crippen LogP contribution in [0.4, 0.5) is 9.52 Å². The third-order valence-corrected chi connectivity index (χ3v) is 3.92. The first kappa shape index (κ1) is 18.5. The molecule has 0 spiro atoms. The summed E-state index contributed by atoms with van der Waals surface area (Å²) in [5, 5.41) is 6.34. The lowest BCUT2D eigenvalue weighted by Crippen LogP contribution is -2.28. The summed E-state index contributed by atoms with van der Waals surface area (Å²) in [6.45, 7) is 2.47. The van der Waals surface area contributed by atoms with E-state index in [4.69, 9.17) is 0 Å². The number of hydrogen-bond donors (Lipinski definition) is 2. The second-order valence-corrected chi connectivity index (χ2v) is 6.00. The first-order valence-electron chi connectivity index (χ1n) is 6.73. The topological polar surface area (TPSA) is 54.0 Å². The number of carbonyl (C=O) groups is 1. The molecule has 0 radical (unpaired) electrons. The van der Waals surface area contributed by atoms with Crippen molar-refractivity contribution in [3.05, 3.63) is 46.7 Å². The lowest BCUT2D eigenvalue weighted by atomic mass is 10.1. The number of nitrogens with one attached hydrogen (secondary N) is 2. The van der Waals surface area contributed by atoms with Gasteiger partial charge in [-0.25, -0.2) is 9.37 Å². The zero-order chi connectivity index (χ0) is 15.2. The summed E-state index contributed by atoms with van der Waals surface area (Å²) >= 11 is 1.41. The van der Waals surface area contributed by atoms with Crippen LogP contribution < -0.4 is 10.6 Å². The summed E-state index contributed by atoms with van der Waals surface area (Å²) in [5.41, 5.74) is 0.889. The van der Waals surface area contributed by atoms with E-state index in [1.165, 1.54) is 23.5 Å². The van der Waals surface area contributed by atoms with E-state index in [-0.39, 0.29) is 30.0 Å². The van der Waals surface area contributed by atoms with Crippen LogP contribution in [0.1, 0.15) is 17.4 Å². The molecule has 1 amide bonds. The Morgan fingerprint density at radius 2 is 2.23 bits per heavy atom. The number of halogens is 2. The molecule has 0 aliphatic heterocycles. The minimum atomic E-state index is -0.244. The molecule has 0 aliphatic carbocycles. The van der Waals surface area contributed by atoms with Gasteiger partial charge in [-0.15, -0.1) is 23.7 Å². The van der Waals surface area contributed by atoms with E-state index in [0.29, 0.717) is 18.1 Å². The summed E-state index contributed by atoms with van der Waals surface area (Å²) in [6.07, 6.45) is 2.32. The lowest BCUT2D eigenvalue weighted by Gasteiger charge is -2.09. The van der Waals surface area contributed by atoms with E-state index >= 15 is 0 Å². The molecule has 0 saturated heterocycles. The number of anilines is 1. The lowest BCUT2D eigenvalue weighted by molar-refractivity contribution is -0.119. The molecule has 22 heavy (non-hydrogen) atoms. The van der Waals surface area contributed by atoms with E-state index in [0.717, 1.165) is 10.4 Å². The van der Waals surface area contributed by atoms with Gasteiger partial charge in [-0.3, -0.25) is 4.79 Å². The van der Waals surface area contributed by atoms with Crippen molar-refractivity contribution < 1.29 is 9.18 Å². The third kappa shape index (κ3) is 5.36. The molecular formula is C15H19ClFN3OS. The van der Waals surface area contributed by atoms with Gasteiger partial charge < -0.3 is 10.6 Å². The Balaban J connectivity index is 0.00000242. The zero-order valence-electron chi connectivity index (χ0n) is 12.4. The van der Waals surface area contributed by atoms with Crippen molar-refractivity contribution >= 4 is 34.8 Å². The van der Waals surface area contributed by atoms with Gasteiger partial charge in [0, 0.05) is 30.0 Å². The summed E-state index contributed by atoms with van der Waals surface area (Å²) in [5.74, 6) is -0.423. The SMILES string of the molecule is CNCC(C)C(=O)Nc1ncc(Cc2cccc(F)c2)s1.Cl. The second kappa shape index (κ2) is 8.82.